The van der Waals surface area contributed by atoms with Gasteiger partial charge in [0.05, 0.1) is 6.20 Å². The van der Waals surface area contributed by atoms with Gasteiger partial charge in [0.1, 0.15) is 10.8 Å². The minimum absolute atomic E-state index is 0.337. The lowest BCUT2D eigenvalue weighted by molar-refractivity contribution is 0.460. The van der Waals surface area contributed by atoms with Gasteiger partial charge >= 0.3 is 0 Å². The molecule has 0 saturated carbocycles. The van der Waals surface area contributed by atoms with E-state index in [1.807, 2.05) is 0 Å². The third-order valence-electron chi connectivity index (χ3n) is 1.99. The lowest BCUT2D eigenvalue weighted by Gasteiger charge is -2.07. The number of ether oxygens (including phenoxy) is 1. The summed E-state index contributed by atoms with van der Waals surface area (Å²) in [5.41, 5.74) is 6.34. The maximum atomic E-state index is 6.02. The molecule has 4 nitrogen and oxygen atoms in total. The zero-order valence-corrected chi connectivity index (χ0v) is 11.1. The average Bonchev–Trinajstić information content (AvgIpc) is 2.32. The maximum Gasteiger partial charge on any atom is 0.238 e. The van der Waals surface area contributed by atoms with Crippen molar-refractivity contribution in [1.82, 2.24) is 9.97 Å². The van der Waals surface area contributed by atoms with E-state index in [4.69, 9.17) is 22.1 Å². The normalized spacial score (nSPS) is 10.3. The van der Waals surface area contributed by atoms with E-state index in [1.165, 1.54) is 0 Å². The Morgan fingerprint density at radius 2 is 2.12 bits per heavy atom. The second-order valence-electron chi connectivity index (χ2n) is 3.28. The molecular weight excluding hydrogens is 305 g/mol. The molecule has 0 radical (unpaired) electrons. The molecule has 0 saturated heterocycles. The Hall–Kier alpha value is -1.17. The molecule has 2 heterocycles. The predicted octanol–water partition coefficient (Wildman–Crippen LogP) is 3.14. The van der Waals surface area contributed by atoms with Crippen molar-refractivity contribution in [2.75, 3.05) is 0 Å². The van der Waals surface area contributed by atoms with Crippen molar-refractivity contribution in [3.63, 3.8) is 0 Å². The summed E-state index contributed by atoms with van der Waals surface area (Å²) in [5.74, 6) is 0.901. The van der Waals surface area contributed by atoms with Crippen molar-refractivity contribution >= 4 is 27.5 Å². The summed E-state index contributed by atoms with van der Waals surface area (Å²) in [5, 5.41) is 0.424. The molecule has 0 aromatic carbocycles. The van der Waals surface area contributed by atoms with Crippen LogP contribution < -0.4 is 10.5 Å². The molecule has 0 atom stereocenters. The third kappa shape index (κ3) is 3.15. The number of halogens is 2. The zero-order valence-electron chi connectivity index (χ0n) is 8.73. The Morgan fingerprint density at radius 1 is 1.29 bits per heavy atom. The van der Waals surface area contributed by atoms with E-state index in [9.17, 15) is 0 Å². The van der Waals surface area contributed by atoms with Crippen LogP contribution in [0.5, 0.6) is 11.6 Å². The van der Waals surface area contributed by atoms with E-state index in [-0.39, 0.29) is 0 Å². The van der Waals surface area contributed by atoms with Crippen molar-refractivity contribution in [3.05, 3.63) is 45.8 Å². The largest absolute Gasteiger partial charge is 0.436 e. The summed E-state index contributed by atoms with van der Waals surface area (Å²) >= 11 is 9.33. The van der Waals surface area contributed by atoms with Crippen LogP contribution in [0.1, 0.15) is 5.56 Å². The second kappa shape index (κ2) is 5.44. The van der Waals surface area contributed by atoms with Crippen LogP contribution in [0.15, 0.2) is 35.2 Å². The van der Waals surface area contributed by atoms with Gasteiger partial charge in [0.2, 0.25) is 5.88 Å². The van der Waals surface area contributed by atoms with Crippen LogP contribution in [0.4, 0.5) is 0 Å². The van der Waals surface area contributed by atoms with Crippen molar-refractivity contribution in [1.29, 1.82) is 0 Å². The molecule has 2 aromatic rings. The fourth-order valence-corrected chi connectivity index (χ4v) is 1.78. The number of nitrogens with two attached hydrogens (primary N) is 1. The highest BCUT2D eigenvalue weighted by molar-refractivity contribution is 9.10. The zero-order chi connectivity index (χ0) is 12.3. The maximum absolute atomic E-state index is 6.02. The minimum Gasteiger partial charge on any atom is -0.436 e. The quantitative estimate of drug-likeness (QED) is 0.945. The number of aromatic nitrogens is 2. The molecule has 0 fully saturated rings. The number of hydrogen-bond donors (Lipinski definition) is 1. The predicted molar refractivity (Wildman–Crippen MR) is 69.1 cm³/mol. The van der Waals surface area contributed by atoms with Crippen molar-refractivity contribution in [2.45, 2.75) is 6.54 Å². The van der Waals surface area contributed by atoms with E-state index in [0.29, 0.717) is 23.2 Å². The fraction of sp³-hybridized carbons (Fsp3) is 0.0909. The van der Waals surface area contributed by atoms with E-state index in [1.54, 1.807) is 30.7 Å². The van der Waals surface area contributed by atoms with Crippen LogP contribution in [-0.2, 0) is 6.54 Å². The van der Waals surface area contributed by atoms with Crippen LogP contribution in [0.25, 0.3) is 0 Å². The minimum atomic E-state index is 0.337. The van der Waals surface area contributed by atoms with Crippen LogP contribution in [0.3, 0.4) is 0 Å². The first-order chi connectivity index (χ1) is 8.19. The van der Waals surface area contributed by atoms with Gasteiger partial charge in [-0.15, -0.1) is 0 Å². The van der Waals surface area contributed by atoms with E-state index < -0.39 is 0 Å². The standard InChI is InChI=1S/C11H9BrClN3O/c12-8-2-9(6-15-5-8)17-11-10(13)1-7(3-14)4-16-11/h1-2,4-6H,3,14H2. The number of rotatable bonds is 3. The lowest BCUT2D eigenvalue weighted by atomic mass is 10.3. The molecule has 6 heteroatoms. The highest BCUT2D eigenvalue weighted by Gasteiger charge is 2.06. The smallest absolute Gasteiger partial charge is 0.238 e. The van der Waals surface area contributed by atoms with Gasteiger partial charge in [0.15, 0.2) is 0 Å². The van der Waals surface area contributed by atoms with E-state index in [2.05, 4.69) is 25.9 Å². The monoisotopic (exact) mass is 313 g/mol. The van der Waals surface area contributed by atoms with Crippen LogP contribution in [-0.4, -0.2) is 9.97 Å². The first kappa shape index (κ1) is 12.3. The molecule has 0 amide bonds. The molecule has 0 aliphatic rings. The Bertz CT molecular complexity index is 536. The number of hydrogen-bond acceptors (Lipinski definition) is 4. The molecule has 0 spiro atoms. The molecule has 0 unspecified atom stereocenters. The van der Waals surface area contributed by atoms with Gasteiger partial charge < -0.3 is 10.5 Å². The summed E-state index contributed by atoms with van der Waals surface area (Å²) in [6.07, 6.45) is 4.88. The van der Waals surface area contributed by atoms with E-state index in [0.717, 1.165) is 10.0 Å². The summed E-state index contributed by atoms with van der Waals surface area (Å²) in [6.45, 7) is 0.394. The van der Waals surface area contributed by atoms with Gasteiger partial charge in [-0.25, -0.2) is 4.98 Å². The molecule has 0 aliphatic heterocycles. The molecular formula is C11H9BrClN3O. The lowest BCUT2D eigenvalue weighted by Crippen LogP contribution is -1.98. The van der Waals surface area contributed by atoms with Gasteiger partial charge in [-0.1, -0.05) is 11.6 Å². The number of nitrogens with zero attached hydrogens (tertiary/aromatic N) is 2. The van der Waals surface area contributed by atoms with E-state index >= 15 is 0 Å². The van der Waals surface area contributed by atoms with Gasteiger partial charge in [0.25, 0.3) is 0 Å². The summed E-state index contributed by atoms with van der Waals surface area (Å²) < 4.78 is 6.34. The molecule has 2 rings (SSSR count). The second-order valence-corrected chi connectivity index (χ2v) is 4.60. The highest BCUT2D eigenvalue weighted by atomic mass is 79.9. The average molecular weight is 315 g/mol. The number of pyridine rings is 2. The van der Waals surface area contributed by atoms with Gasteiger partial charge in [-0.3, -0.25) is 4.98 Å². The molecule has 2 aromatic heterocycles. The molecule has 0 bridgehead atoms. The third-order valence-corrected chi connectivity index (χ3v) is 2.70. The Balaban J connectivity index is 2.24. The first-order valence-electron chi connectivity index (χ1n) is 4.82. The fourth-order valence-electron chi connectivity index (χ4n) is 1.21. The first-order valence-corrected chi connectivity index (χ1v) is 5.99. The summed E-state index contributed by atoms with van der Waals surface area (Å²) in [7, 11) is 0. The van der Waals surface area contributed by atoms with Crippen LogP contribution >= 0.6 is 27.5 Å². The summed E-state index contributed by atoms with van der Waals surface area (Å²) in [6, 6.07) is 3.51. The molecule has 0 aliphatic carbocycles. The Morgan fingerprint density at radius 3 is 2.76 bits per heavy atom. The molecule has 88 valence electrons. The van der Waals surface area contributed by atoms with Crippen molar-refractivity contribution in [3.8, 4) is 11.6 Å². The van der Waals surface area contributed by atoms with Crippen LogP contribution in [0.2, 0.25) is 5.02 Å². The van der Waals surface area contributed by atoms with Crippen molar-refractivity contribution < 1.29 is 4.74 Å². The topological polar surface area (TPSA) is 61.0 Å². The summed E-state index contributed by atoms with van der Waals surface area (Å²) in [4.78, 5) is 8.08. The molecule has 2 N–H and O–H groups in total. The van der Waals surface area contributed by atoms with Crippen molar-refractivity contribution in [2.24, 2.45) is 5.73 Å². The highest BCUT2D eigenvalue weighted by Crippen LogP contribution is 2.28. The van der Waals surface area contributed by atoms with Gasteiger partial charge in [-0.2, -0.15) is 0 Å². The van der Waals surface area contributed by atoms with Crippen LogP contribution in [0, 0.1) is 0 Å². The van der Waals surface area contributed by atoms with Gasteiger partial charge in [0, 0.05) is 23.4 Å². The Labute approximate surface area is 112 Å². The Kier molecular flexibility index (Phi) is 3.93. The van der Waals surface area contributed by atoms with Gasteiger partial charge in [-0.05, 0) is 33.6 Å². The molecule has 17 heavy (non-hydrogen) atoms. The SMILES string of the molecule is NCc1cnc(Oc2cncc(Br)c2)c(Cl)c1.